The molecule has 1 aromatic heterocycles. The first-order valence-corrected chi connectivity index (χ1v) is 6.33. The van der Waals surface area contributed by atoms with Gasteiger partial charge in [0.25, 0.3) is 0 Å². The molecule has 1 aromatic carbocycles. The molecule has 1 aliphatic heterocycles. The van der Waals surface area contributed by atoms with Crippen LogP contribution in [0.25, 0.3) is 0 Å². The number of benzene rings is 1. The van der Waals surface area contributed by atoms with Gasteiger partial charge in [0.05, 0.1) is 12.1 Å². The Kier molecular flexibility index (Phi) is 3.05. The highest BCUT2D eigenvalue weighted by molar-refractivity contribution is 5.95. The molecule has 5 nitrogen and oxygen atoms in total. The van der Waals surface area contributed by atoms with Crippen LogP contribution in [0.2, 0.25) is 0 Å². The van der Waals surface area contributed by atoms with Crippen LogP contribution in [-0.4, -0.2) is 22.2 Å². The standard InChI is InChI=1S/C14H16N4O/c1-18-13(6-7-16-18)17-14(19)12-9-15-8-10-4-2-3-5-11(10)12/h2-7,12,15H,8-9H2,1H3,(H,17,19). The number of fused-ring (bicyclic) bond motifs is 1. The predicted molar refractivity (Wildman–Crippen MR) is 72.7 cm³/mol. The SMILES string of the molecule is Cn1nccc1NC(=O)C1CNCc2ccccc21. The normalized spacial score (nSPS) is 17.8. The highest BCUT2D eigenvalue weighted by Gasteiger charge is 2.26. The zero-order valence-corrected chi connectivity index (χ0v) is 10.8. The van der Waals surface area contributed by atoms with Gasteiger partial charge in [0.2, 0.25) is 5.91 Å². The van der Waals surface area contributed by atoms with Crippen molar-refractivity contribution >= 4 is 11.7 Å². The summed E-state index contributed by atoms with van der Waals surface area (Å²) in [7, 11) is 1.81. The monoisotopic (exact) mass is 256 g/mol. The molecule has 2 aromatic rings. The van der Waals surface area contributed by atoms with Gasteiger partial charge in [0, 0.05) is 26.2 Å². The molecule has 98 valence electrons. The van der Waals surface area contributed by atoms with E-state index in [0.29, 0.717) is 12.4 Å². The second-order valence-corrected chi connectivity index (χ2v) is 4.71. The molecule has 0 aliphatic carbocycles. The van der Waals surface area contributed by atoms with Crippen molar-refractivity contribution in [1.82, 2.24) is 15.1 Å². The number of aromatic nitrogens is 2. The van der Waals surface area contributed by atoms with Crippen molar-refractivity contribution in [3.05, 3.63) is 47.7 Å². The van der Waals surface area contributed by atoms with Gasteiger partial charge in [-0.05, 0) is 11.1 Å². The molecule has 0 bridgehead atoms. The minimum absolute atomic E-state index is 0.00301. The van der Waals surface area contributed by atoms with Crippen molar-refractivity contribution in [2.24, 2.45) is 7.05 Å². The number of rotatable bonds is 2. The molecular formula is C14H16N4O. The van der Waals surface area contributed by atoms with Crippen LogP contribution >= 0.6 is 0 Å². The number of amides is 1. The molecule has 0 saturated carbocycles. The summed E-state index contributed by atoms with van der Waals surface area (Å²) in [5.41, 5.74) is 2.31. The maximum Gasteiger partial charge on any atom is 0.234 e. The quantitative estimate of drug-likeness (QED) is 0.850. The van der Waals surface area contributed by atoms with E-state index in [2.05, 4.69) is 21.8 Å². The molecule has 1 aliphatic rings. The topological polar surface area (TPSA) is 59.0 Å². The van der Waals surface area contributed by atoms with Crippen LogP contribution in [0.4, 0.5) is 5.82 Å². The number of hydrogen-bond donors (Lipinski definition) is 2. The molecule has 1 amide bonds. The zero-order valence-electron chi connectivity index (χ0n) is 10.8. The lowest BCUT2D eigenvalue weighted by atomic mass is 9.90. The van der Waals surface area contributed by atoms with Crippen molar-refractivity contribution in [3.63, 3.8) is 0 Å². The number of carbonyl (C=O) groups excluding carboxylic acids is 1. The third-order valence-electron chi connectivity index (χ3n) is 3.48. The van der Waals surface area contributed by atoms with E-state index in [1.807, 2.05) is 25.2 Å². The van der Waals surface area contributed by atoms with Crippen LogP contribution in [0.15, 0.2) is 36.5 Å². The summed E-state index contributed by atoms with van der Waals surface area (Å²) < 4.78 is 1.65. The molecule has 0 fully saturated rings. The number of nitrogens with one attached hydrogen (secondary N) is 2. The summed E-state index contributed by atoms with van der Waals surface area (Å²) in [6, 6.07) is 9.87. The lowest BCUT2D eigenvalue weighted by Crippen LogP contribution is -2.35. The Bertz CT molecular complexity index is 605. The summed E-state index contributed by atoms with van der Waals surface area (Å²) in [4.78, 5) is 12.4. The van der Waals surface area contributed by atoms with Crippen molar-refractivity contribution in [1.29, 1.82) is 0 Å². The van der Waals surface area contributed by atoms with Gasteiger partial charge in [0.15, 0.2) is 0 Å². The Morgan fingerprint density at radius 1 is 1.42 bits per heavy atom. The number of anilines is 1. The van der Waals surface area contributed by atoms with Gasteiger partial charge in [-0.15, -0.1) is 0 Å². The number of hydrogen-bond acceptors (Lipinski definition) is 3. The smallest absolute Gasteiger partial charge is 0.234 e. The average Bonchev–Trinajstić information content (AvgIpc) is 2.83. The third kappa shape index (κ3) is 2.24. The van der Waals surface area contributed by atoms with Crippen LogP contribution in [0.1, 0.15) is 17.0 Å². The van der Waals surface area contributed by atoms with E-state index >= 15 is 0 Å². The van der Waals surface area contributed by atoms with Crippen molar-refractivity contribution in [3.8, 4) is 0 Å². The Balaban J connectivity index is 1.84. The maximum absolute atomic E-state index is 12.4. The summed E-state index contributed by atoms with van der Waals surface area (Å²) >= 11 is 0. The van der Waals surface area contributed by atoms with Gasteiger partial charge in [-0.2, -0.15) is 5.10 Å². The predicted octanol–water partition coefficient (Wildman–Crippen LogP) is 1.25. The highest BCUT2D eigenvalue weighted by atomic mass is 16.2. The molecule has 0 radical (unpaired) electrons. The Morgan fingerprint density at radius 3 is 3.05 bits per heavy atom. The third-order valence-corrected chi connectivity index (χ3v) is 3.48. The fourth-order valence-electron chi connectivity index (χ4n) is 2.44. The maximum atomic E-state index is 12.4. The van der Waals surface area contributed by atoms with Crippen LogP contribution < -0.4 is 10.6 Å². The van der Waals surface area contributed by atoms with E-state index in [0.717, 1.165) is 12.1 Å². The lowest BCUT2D eigenvalue weighted by molar-refractivity contribution is -0.117. The van der Waals surface area contributed by atoms with Gasteiger partial charge in [0.1, 0.15) is 5.82 Å². The molecule has 1 unspecified atom stereocenters. The largest absolute Gasteiger partial charge is 0.312 e. The molecular weight excluding hydrogens is 240 g/mol. The summed E-state index contributed by atoms with van der Waals surface area (Å²) in [5.74, 6) is 0.566. The van der Waals surface area contributed by atoms with Crippen molar-refractivity contribution in [2.45, 2.75) is 12.5 Å². The van der Waals surface area contributed by atoms with Gasteiger partial charge in [-0.3, -0.25) is 9.48 Å². The molecule has 19 heavy (non-hydrogen) atoms. The van der Waals surface area contributed by atoms with Crippen LogP contribution in [0.3, 0.4) is 0 Å². The first-order valence-electron chi connectivity index (χ1n) is 6.33. The van der Waals surface area contributed by atoms with Crippen LogP contribution in [0, 0.1) is 0 Å². The molecule has 1 atom stereocenters. The summed E-state index contributed by atoms with van der Waals surface area (Å²) in [5, 5.41) is 10.3. The van der Waals surface area contributed by atoms with Crippen molar-refractivity contribution < 1.29 is 4.79 Å². The molecule has 5 heteroatoms. The number of carbonyl (C=O) groups is 1. The Morgan fingerprint density at radius 2 is 2.26 bits per heavy atom. The minimum Gasteiger partial charge on any atom is -0.312 e. The molecule has 3 rings (SSSR count). The van der Waals surface area contributed by atoms with E-state index < -0.39 is 0 Å². The molecule has 0 spiro atoms. The fourth-order valence-corrected chi connectivity index (χ4v) is 2.44. The average molecular weight is 256 g/mol. The van der Waals surface area contributed by atoms with Gasteiger partial charge >= 0.3 is 0 Å². The first kappa shape index (κ1) is 11.9. The first-order chi connectivity index (χ1) is 9.25. The van der Waals surface area contributed by atoms with E-state index in [9.17, 15) is 4.79 Å². The van der Waals surface area contributed by atoms with E-state index in [-0.39, 0.29) is 11.8 Å². The Hall–Kier alpha value is -2.14. The molecule has 2 N–H and O–H groups in total. The Labute approximate surface area is 111 Å². The highest BCUT2D eigenvalue weighted by Crippen LogP contribution is 2.24. The second kappa shape index (κ2) is 4.85. The molecule has 2 heterocycles. The number of nitrogens with zero attached hydrogens (tertiary/aromatic N) is 2. The minimum atomic E-state index is -0.153. The lowest BCUT2D eigenvalue weighted by Gasteiger charge is -2.25. The fraction of sp³-hybridized carbons (Fsp3) is 0.286. The van der Waals surface area contributed by atoms with Gasteiger partial charge in [-0.1, -0.05) is 24.3 Å². The number of aryl methyl sites for hydroxylation is 1. The van der Waals surface area contributed by atoms with Crippen molar-refractivity contribution in [2.75, 3.05) is 11.9 Å². The second-order valence-electron chi connectivity index (χ2n) is 4.71. The summed E-state index contributed by atoms with van der Waals surface area (Å²) in [6.45, 7) is 1.49. The van der Waals surface area contributed by atoms with E-state index in [4.69, 9.17) is 0 Å². The zero-order chi connectivity index (χ0) is 13.2. The van der Waals surface area contributed by atoms with Gasteiger partial charge in [-0.25, -0.2) is 0 Å². The van der Waals surface area contributed by atoms with E-state index in [1.165, 1.54) is 5.56 Å². The van der Waals surface area contributed by atoms with E-state index in [1.54, 1.807) is 16.9 Å². The molecule has 0 saturated heterocycles. The van der Waals surface area contributed by atoms with Gasteiger partial charge < -0.3 is 10.6 Å². The van der Waals surface area contributed by atoms with Crippen LogP contribution in [0.5, 0.6) is 0 Å². The van der Waals surface area contributed by atoms with Crippen LogP contribution in [-0.2, 0) is 18.4 Å². The summed E-state index contributed by atoms with van der Waals surface area (Å²) in [6.07, 6.45) is 1.67.